The third kappa shape index (κ3) is 5.61. The van der Waals surface area contributed by atoms with Gasteiger partial charge in [0.1, 0.15) is 0 Å². The number of nitrogens with zero attached hydrogens (tertiary/aromatic N) is 4. The molecule has 40 heavy (non-hydrogen) atoms. The third-order valence-electron chi connectivity index (χ3n) is 7.12. The number of amides is 2. The monoisotopic (exact) mass is 553 g/mol. The van der Waals surface area contributed by atoms with Gasteiger partial charge < -0.3 is 25.8 Å². The Bertz CT molecular complexity index is 1570. The molecule has 2 amide bonds. The first kappa shape index (κ1) is 25.8. The summed E-state index contributed by atoms with van der Waals surface area (Å²) in [4.78, 5) is 38.9. The zero-order valence-electron chi connectivity index (χ0n) is 21.9. The van der Waals surface area contributed by atoms with Gasteiger partial charge in [-0.1, -0.05) is 11.6 Å². The second kappa shape index (κ2) is 11.0. The molecule has 0 spiro atoms. The summed E-state index contributed by atoms with van der Waals surface area (Å²) in [6.07, 6.45) is 1.83. The molecule has 1 saturated heterocycles. The van der Waals surface area contributed by atoms with Crippen LogP contribution in [0.15, 0.2) is 72.9 Å². The fourth-order valence-corrected chi connectivity index (χ4v) is 5.05. The molecule has 2 aliphatic heterocycles. The van der Waals surface area contributed by atoms with Crippen molar-refractivity contribution in [3.8, 4) is 11.3 Å². The molecule has 1 aromatic heterocycles. The van der Waals surface area contributed by atoms with E-state index in [9.17, 15) is 9.59 Å². The summed E-state index contributed by atoms with van der Waals surface area (Å²) in [6, 6.07) is 20.4. The first-order valence-corrected chi connectivity index (χ1v) is 13.5. The maximum absolute atomic E-state index is 12.9. The summed E-state index contributed by atoms with van der Waals surface area (Å²) in [5.41, 5.74) is 5.96. The van der Waals surface area contributed by atoms with E-state index in [1.165, 1.54) is 0 Å². The lowest BCUT2D eigenvalue weighted by molar-refractivity contribution is -0.115. The molecule has 9 nitrogen and oxygen atoms in total. The van der Waals surface area contributed by atoms with E-state index >= 15 is 0 Å². The molecular weight excluding hydrogens is 526 g/mol. The maximum atomic E-state index is 12.9. The van der Waals surface area contributed by atoms with Crippen molar-refractivity contribution >= 4 is 52.1 Å². The lowest BCUT2D eigenvalue weighted by atomic mass is 10.1. The van der Waals surface area contributed by atoms with Gasteiger partial charge in [0.2, 0.25) is 11.9 Å². The number of fused-ring (bicyclic) bond motifs is 3. The molecule has 3 heterocycles. The van der Waals surface area contributed by atoms with Crippen LogP contribution in [-0.2, 0) is 11.2 Å². The highest BCUT2D eigenvalue weighted by molar-refractivity contribution is 6.31. The zero-order valence-corrected chi connectivity index (χ0v) is 22.7. The van der Waals surface area contributed by atoms with Crippen molar-refractivity contribution in [2.75, 3.05) is 54.1 Å². The Hall–Kier alpha value is -4.47. The van der Waals surface area contributed by atoms with Gasteiger partial charge in [-0.15, -0.1) is 0 Å². The van der Waals surface area contributed by atoms with Crippen LogP contribution in [0.25, 0.3) is 11.3 Å². The molecule has 3 N–H and O–H groups in total. The average molecular weight is 554 g/mol. The average Bonchev–Trinajstić information content (AvgIpc) is 3.09. The number of carbonyl (C=O) groups excluding carboxylic acids is 2. The molecule has 0 unspecified atom stereocenters. The molecule has 4 aromatic rings. The Morgan fingerprint density at radius 3 is 2.42 bits per heavy atom. The number of piperazine rings is 1. The van der Waals surface area contributed by atoms with Crippen molar-refractivity contribution in [3.63, 3.8) is 0 Å². The highest BCUT2D eigenvalue weighted by Gasteiger charge is 2.21. The van der Waals surface area contributed by atoms with Gasteiger partial charge in [-0.05, 0) is 73.8 Å². The second-order valence-corrected chi connectivity index (χ2v) is 10.4. The van der Waals surface area contributed by atoms with Gasteiger partial charge >= 0.3 is 0 Å². The maximum Gasteiger partial charge on any atom is 0.255 e. The van der Waals surface area contributed by atoms with Crippen LogP contribution in [0, 0.1) is 0 Å². The van der Waals surface area contributed by atoms with E-state index in [0.717, 1.165) is 54.4 Å². The van der Waals surface area contributed by atoms with Crippen LogP contribution in [0.3, 0.4) is 0 Å². The van der Waals surface area contributed by atoms with Crippen LogP contribution >= 0.6 is 11.6 Å². The van der Waals surface area contributed by atoms with Crippen LogP contribution in [0.1, 0.15) is 15.9 Å². The third-order valence-corrected chi connectivity index (χ3v) is 7.36. The normalized spacial score (nSPS) is 14.9. The molecule has 0 radical (unpaired) electrons. The fourth-order valence-electron chi connectivity index (χ4n) is 4.88. The molecule has 2 aliphatic rings. The van der Waals surface area contributed by atoms with E-state index in [1.54, 1.807) is 42.6 Å². The van der Waals surface area contributed by atoms with Gasteiger partial charge in [-0.2, -0.15) is 0 Å². The first-order valence-electron chi connectivity index (χ1n) is 13.1. The van der Waals surface area contributed by atoms with Crippen molar-refractivity contribution in [2.45, 2.75) is 6.42 Å². The summed E-state index contributed by atoms with van der Waals surface area (Å²) >= 11 is 6.14. The molecule has 6 rings (SSSR count). The van der Waals surface area contributed by atoms with Crippen LogP contribution < -0.4 is 20.9 Å². The molecule has 3 aromatic carbocycles. The van der Waals surface area contributed by atoms with Crippen molar-refractivity contribution in [3.05, 3.63) is 89.1 Å². The Morgan fingerprint density at radius 2 is 1.68 bits per heavy atom. The van der Waals surface area contributed by atoms with Crippen LogP contribution in [-0.4, -0.2) is 59.9 Å². The van der Waals surface area contributed by atoms with Crippen molar-refractivity contribution in [2.24, 2.45) is 0 Å². The number of anilines is 5. The van der Waals surface area contributed by atoms with Gasteiger partial charge in [0.15, 0.2) is 0 Å². The van der Waals surface area contributed by atoms with Gasteiger partial charge in [0.05, 0.1) is 17.8 Å². The van der Waals surface area contributed by atoms with E-state index < -0.39 is 0 Å². The largest absolute Gasteiger partial charge is 0.369 e. The summed E-state index contributed by atoms with van der Waals surface area (Å²) < 4.78 is 0. The first-order chi connectivity index (χ1) is 19.4. The number of halogens is 1. The smallest absolute Gasteiger partial charge is 0.255 e. The zero-order chi connectivity index (χ0) is 27.6. The number of carbonyl (C=O) groups is 2. The number of rotatable bonds is 5. The quantitative estimate of drug-likeness (QED) is 0.318. The molecule has 0 aliphatic carbocycles. The Labute approximate surface area is 237 Å². The van der Waals surface area contributed by atoms with Gasteiger partial charge in [-0.25, -0.2) is 9.97 Å². The minimum absolute atomic E-state index is 0.147. The number of nitrogens with one attached hydrogen (secondary N) is 3. The van der Waals surface area contributed by atoms with E-state index in [1.807, 2.05) is 30.3 Å². The highest BCUT2D eigenvalue weighted by atomic mass is 35.5. The Kier molecular flexibility index (Phi) is 7.06. The highest BCUT2D eigenvalue weighted by Crippen LogP contribution is 2.35. The van der Waals surface area contributed by atoms with Crippen molar-refractivity contribution in [1.82, 2.24) is 14.9 Å². The molecule has 10 heteroatoms. The van der Waals surface area contributed by atoms with Crippen molar-refractivity contribution < 1.29 is 9.59 Å². The molecule has 0 bridgehead atoms. The molecular formula is C30H28ClN7O2. The number of hydrogen-bond acceptors (Lipinski definition) is 7. The van der Waals surface area contributed by atoms with E-state index in [-0.39, 0.29) is 18.2 Å². The lowest BCUT2D eigenvalue weighted by Gasteiger charge is -2.34. The summed E-state index contributed by atoms with van der Waals surface area (Å²) in [5, 5.41) is 9.57. The number of benzene rings is 3. The van der Waals surface area contributed by atoms with Crippen LogP contribution in [0.4, 0.5) is 28.7 Å². The number of hydrogen-bond donors (Lipinski definition) is 3. The SMILES string of the molecule is CN1CCN(c2ccc(NC(=O)c3ccc(Nc4ncc5c(n4)-c4ccc(Cl)cc4NC(=O)C5)cc3)cc2)CC1. The Balaban J connectivity index is 1.12. The van der Waals surface area contributed by atoms with E-state index in [4.69, 9.17) is 11.6 Å². The lowest BCUT2D eigenvalue weighted by Crippen LogP contribution is -2.44. The summed E-state index contributed by atoms with van der Waals surface area (Å²) in [6.45, 7) is 4.09. The minimum Gasteiger partial charge on any atom is -0.369 e. The van der Waals surface area contributed by atoms with Crippen molar-refractivity contribution in [1.29, 1.82) is 0 Å². The standard InChI is InChI=1S/C30H28ClN7O2/c1-37-12-14-38(15-13-37)24-9-7-22(8-10-24)33-29(40)19-2-5-23(6-3-19)34-30-32-18-20-16-27(39)35-26-17-21(31)4-11-25(26)28(20)36-30/h2-11,17-18H,12-16H2,1H3,(H,33,40)(H,35,39)(H,32,34,36). The molecule has 1 fully saturated rings. The molecule has 0 saturated carbocycles. The minimum atomic E-state index is -0.187. The topological polar surface area (TPSA) is 102 Å². The molecule has 0 atom stereocenters. The predicted molar refractivity (Wildman–Crippen MR) is 159 cm³/mol. The van der Waals surface area contributed by atoms with E-state index in [2.05, 4.69) is 42.8 Å². The fraction of sp³-hybridized carbons (Fsp3) is 0.200. The number of aromatic nitrogens is 2. The summed E-state index contributed by atoms with van der Waals surface area (Å²) in [5.74, 6) is 0.0469. The number of likely N-dealkylation sites (N-methyl/N-ethyl adjacent to an activating group) is 1. The Morgan fingerprint density at radius 1 is 0.950 bits per heavy atom. The summed E-state index contributed by atoms with van der Waals surface area (Å²) in [7, 11) is 2.14. The van der Waals surface area contributed by atoms with Gasteiger partial charge in [0.25, 0.3) is 5.91 Å². The van der Waals surface area contributed by atoms with Crippen LogP contribution in [0.5, 0.6) is 0 Å². The van der Waals surface area contributed by atoms with Gasteiger partial charge in [-0.3, -0.25) is 9.59 Å². The predicted octanol–water partition coefficient (Wildman–Crippen LogP) is 5.04. The second-order valence-electron chi connectivity index (χ2n) is 9.98. The van der Waals surface area contributed by atoms with E-state index in [0.29, 0.717) is 27.9 Å². The van der Waals surface area contributed by atoms with Gasteiger partial charge in [0, 0.05) is 71.2 Å². The van der Waals surface area contributed by atoms with Crippen LogP contribution in [0.2, 0.25) is 5.02 Å². The molecule has 202 valence electrons.